The van der Waals surface area contributed by atoms with E-state index in [2.05, 4.69) is 6.92 Å². The highest BCUT2D eigenvalue weighted by Crippen LogP contribution is 2.53. The molecule has 0 heterocycles. The Hall–Kier alpha value is -1.31. The van der Waals surface area contributed by atoms with Gasteiger partial charge in [-0.25, -0.2) is 4.39 Å². The predicted molar refractivity (Wildman–Crippen MR) is 95.6 cm³/mol. The number of hydrogen-bond acceptors (Lipinski definition) is 1. The van der Waals surface area contributed by atoms with Crippen LogP contribution in [-0.4, -0.2) is 12.4 Å². The van der Waals surface area contributed by atoms with E-state index in [0.29, 0.717) is 24.1 Å². The molecular formula is C20H28F7N. The molecular weight excluding hydrogens is 387 g/mol. The van der Waals surface area contributed by atoms with Crippen LogP contribution >= 0.6 is 0 Å². The highest BCUT2D eigenvalue weighted by Gasteiger charge is 2.73. The minimum atomic E-state index is -6.11. The Labute approximate surface area is 161 Å². The number of unbranched alkanes of at least 4 members (excludes halogenated alkanes) is 6. The summed E-state index contributed by atoms with van der Waals surface area (Å²) in [6.07, 6.45) is -4.18. The molecule has 0 aromatic heterocycles. The van der Waals surface area contributed by atoms with Crippen LogP contribution in [0.4, 0.5) is 30.7 Å². The molecule has 0 fully saturated rings. The maximum absolute atomic E-state index is 14.1. The van der Waals surface area contributed by atoms with Crippen LogP contribution in [0.25, 0.3) is 0 Å². The van der Waals surface area contributed by atoms with Crippen LogP contribution in [-0.2, 0) is 5.67 Å². The van der Waals surface area contributed by atoms with Gasteiger partial charge in [-0.3, -0.25) is 0 Å². The quantitative estimate of drug-likeness (QED) is 0.312. The molecule has 0 radical (unpaired) electrons. The lowest BCUT2D eigenvalue weighted by molar-refractivity contribution is -0.348. The third-order valence-corrected chi connectivity index (χ3v) is 4.97. The Morgan fingerprint density at radius 3 is 1.79 bits per heavy atom. The molecule has 1 nitrogen and oxygen atoms in total. The first kappa shape index (κ1) is 24.7. The van der Waals surface area contributed by atoms with E-state index in [1.165, 1.54) is 19.8 Å². The zero-order valence-corrected chi connectivity index (χ0v) is 16.2. The SMILES string of the molecule is CCCCCCCCCC(N)c1ccc(C(F)(C(F)(F)F)C(F)(F)F)cc1C. The molecule has 0 aliphatic carbocycles. The van der Waals surface area contributed by atoms with Crippen molar-refractivity contribution in [2.75, 3.05) is 0 Å². The second-order valence-electron chi connectivity index (χ2n) is 7.24. The Bertz CT molecular complexity index is 594. The van der Waals surface area contributed by atoms with Gasteiger partial charge in [-0.2, -0.15) is 26.3 Å². The van der Waals surface area contributed by atoms with E-state index in [1.807, 2.05) is 0 Å². The van der Waals surface area contributed by atoms with Gasteiger partial charge < -0.3 is 5.73 Å². The molecule has 28 heavy (non-hydrogen) atoms. The summed E-state index contributed by atoms with van der Waals surface area (Å²) >= 11 is 0. The van der Waals surface area contributed by atoms with E-state index in [0.717, 1.165) is 38.2 Å². The Balaban J connectivity index is 2.83. The monoisotopic (exact) mass is 415 g/mol. The van der Waals surface area contributed by atoms with Crippen molar-refractivity contribution in [1.82, 2.24) is 0 Å². The highest BCUT2D eigenvalue weighted by molar-refractivity contribution is 5.37. The summed E-state index contributed by atoms with van der Waals surface area (Å²) in [4.78, 5) is 0. The van der Waals surface area contributed by atoms with Gasteiger partial charge in [0.05, 0.1) is 0 Å². The summed E-state index contributed by atoms with van der Waals surface area (Å²) < 4.78 is 91.4. The van der Waals surface area contributed by atoms with Crippen molar-refractivity contribution in [1.29, 1.82) is 0 Å². The average Bonchev–Trinajstić information content (AvgIpc) is 2.57. The summed E-state index contributed by atoms with van der Waals surface area (Å²) in [6, 6.07) is 1.69. The standard InChI is InChI=1S/C20H28F7N/c1-3-4-5-6-7-8-9-10-17(28)16-12-11-15(13-14(16)2)18(21,19(22,23)24)20(25,26)27/h11-13,17H,3-10,28H2,1-2H3. The Morgan fingerprint density at radius 2 is 1.32 bits per heavy atom. The zero-order valence-electron chi connectivity index (χ0n) is 16.2. The number of nitrogens with two attached hydrogens (primary N) is 1. The molecule has 0 aliphatic heterocycles. The number of halogens is 7. The van der Waals surface area contributed by atoms with E-state index in [-0.39, 0.29) is 5.56 Å². The first-order valence-corrected chi connectivity index (χ1v) is 9.55. The van der Waals surface area contributed by atoms with E-state index in [9.17, 15) is 30.7 Å². The van der Waals surface area contributed by atoms with Crippen LogP contribution in [0.1, 0.15) is 81.0 Å². The second-order valence-corrected chi connectivity index (χ2v) is 7.24. The van der Waals surface area contributed by atoms with Gasteiger partial charge in [-0.05, 0) is 24.5 Å². The van der Waals surface area contributed by atoms with E-state index >= 15 is 0 Å². The normalized spacial score (nSPS) is 14.4. The first-order chi connectivity index (χ1) is 12.9. The number of hydrogen-bond donors (Lipinski definition) is 1. The molecule has 0 saturated carbocycles. The van der Waals surface area contributed by atoms with Crippen molar-refractivity contribution >= 4 is 0 Å². The van der Waals surface area contributed by atoms with Crippen LogP contribution in [0.2, 0.25) is 0 Å². The summed E-state index contributed by atoms with van der Waals surface area (Å²) in [5, 5.41) is 0. The summed E-state index contributed by atoms with van der Waals surface area (Å²) in [7, 11) is 0. The van der Waals surface area contributed by atoms with Crippen LogP contribution in [0.5, 0.6) is 0 Å². The van der Waals surface area contributed by atoms with Crippen molar-refractivity contribution in [2.24, 2.45) is 5.73 Å². The molecule has 2 N–H and O–H groups in total. The molecule has 1 aromatic carbocycles. The summed E-state index contributed by atoms with van der Waals surface area (Å²) in [6.45, 7) is 3.47. The van der Waals surface area contributed by atoms with Crippen LogP contribution in [0.3, 0.4) is 0 Å². The zero-order chi connectivity index (χ0) is 21.6. The van der Waals surface area contributed by atoms with Gasteiger partial charge in [0.15, 0.2) is 0 Å². The molecule has 0 spiro atoms. The van der Waals surface area contributed by atoms with Crippen LogP contribution < -0.4 is 5.73 Å². The lowest BCUT2D eigenvalue weighted by Crippen LogP contribution is -2.50. The largest absolute Gasteiger partial charge is 0.435 e. The van der Waals surface area contributed by atoms with Gasteiger partial charge in [0, 0.05) is 11.6 Å². The van der Waals surface area contributed by atoms with Crippen molar-refractivity contribution in [3.05, 3.63) is 34.9 Å². The molecule has 0 aliphatic rings. The van der Waals surface area contributed by atoms with Crippen molar-refractivity contribution in [3.63, 3.8) is 0 Å². The minimum absolute atomic E-state index is 0.114. The number of benzene rings is 1. The van der Waals surface area contributed by atoms with Crippen molar-refractivity contribution in [3.8, 4) is 0 Å². The van der Waals surface area contributed by atoms with Gasteiger partial charge in [0.25, 0.3) is 0 Å². The smallest absolute Gasteiger partial charge is 0.324 e. The molecule has 1 atom stereocenters. The maximum atomic E-state index is 14.1. The molecule has 0 saturated heterocycles. The summed E-state index contributed by atoms with van der Waals surface area (Å²) in [5.41, 5.74) is -0.289. The molecule has 1 aromatic rings. The van der Waals surface area contributed by atoms with Crippen LogP contribution in [0, 0.1) is 6.92 Å². The van der Waals surface area contributed by atoms with Gasteiger partial charge in [-0.1, -0.05) is 70.1 Å². The van der Waals surface area contributed by atoms with Gasteiger partial charge in [-0.15, -0.1) is 0 Å². The van der Waals surface area contributed by atoms with E-state index in [4.69, 9.17) is 5.73 Å². The van der Waals surface area contributed by atoms with E-state index in [1.54, 1.807) is 0 Å². The van der Waals surface area contributed by atoms with Gasteiger partial charge in [0.2, 0.25) is 0 Å². The topological polar surface area (TPSA) is 26.0 Å². The number of alkyl halides is 7. The molecule has 162 valence electrons. The summed E-state index contributed by atoms with van der Waals surface area (Å²) in [5.74, 6) is 0. The highest BCUT2D eigenvalue weighted by atomic mass is 19.4. The molecule has 8 heteroatoms. The molecule has 0 amide bonds. The number of aryl methyl sites for hydroxylation is 1. The average molecular weight is 415 g/mol. The fourth-order valence-corrected chi connectivity index (χ4v) is 3.27. The van der Waals surface area contributed by atoms with Gasteiger partial charge >= 0.3 is 18.0 Å². The maximum Gasteiger partial charge on any atom is 0.435 e. The lowest BCUT2D eigenvalue weighted by atomic mass is 9.89. The third-order valence-electron chi connectivity index (χ3n) is 4.97. The second kappa shape index (κ2) is 9.94. The van der Waals surface area contributed by atoms with Crippen LogP contribution in [0.15, 0.2) is 18.2 Å². The predicted octanol–water partition coefficient (Wildman–Crippen LogP) is 7.42. The number of rotatable bonds is 10. The Morgan fingerprint density at radius 1 is 0.821 bits per heavy atom. The first-order valence-electron chi connectivity index (χ1n) is 9.55. The molecule has 0 bridgehead atoms. The van der Waals surface area contributed by atoms with Crippen molar-refractivity contribution in [2.45, 2.75) is 89.3 Å². The third kappa shape index (κ3) is 5.84. The fourth-order valence-electron chi connectivity index (χ4n) is 3.27. The molecule has 1 rings (SSSR count). The van der Waals surface area contributed by atoms with E-state index < -0.39 is 29.6 Å². The van der Waals surface area contributed by atoms with Crippen molar-refractivity contribution < 1.29 is 30.7 Å². The van der Waals surface area contributed by atoms with Gasteiger partial charge in [0.1, 0.15) is 0 Å². The Kier molecular flexibility index (Phi) is 8.78. The molecule has 1 unspecified atom stereocenters. The lowest BCUT2D eigenvalue weighted by Gasteiger charge is -2.31. The fraction of sp³-hybridized carbons (Fsp3) is 0.700. The minimum Gasteiger partial charge on any atom is -0.324 e.